The zero-order valence-corrected chi connectivity index (χ0v) is 15.8. The molecular weight excluding hydrogens is 346 g/mol. The standard InChI is InChI=1S/C19H21N5OS/c1-4-25-17-11-5-14(6-12-17)13-20-24-18(21-22-19(24)26)15-7-9-16(10-8-15)23(2)3/h5-13H,4H2,1-3H3,(H,22,26). The largest absolute Gasteiger partial charge is 0.494 e. The van der Waals surface area contributed by atoms with Gasteiger partial charge in [0.1, 0.15) is 5.75 Å². The fourth-order valence-corrected chi connectivity index (χ4v) is 2.61. The third kappa shape index (κ3) is 4.00. The highest BCUT2D eigenvalue weighted by Crippen LogP contribution is 2.21. The molecule has 0 fully saturated rings. The SMILES string of the molecule is CCOc1ccc(C=Nn2c(-c3ccc(N(C)C)cc3)n[nH]c2=S)cc1. The van der Waals surface area contributed by atoms with E-state index in [1.54, 1.807) is 10.9 Å². The Morgan fingerprint density at radius 1 is 1.15 bits per heavy atom. The lowest BCUT2D eigenvalue weighted by Gasteiger charge is -2.12. The summed E-state index contributed by atoms with van der Waals surface area (Å²) in [6, 6.07) is 15.8. The van der Waals surface area contributed by atoms with Crippen LogP contribution >= 0.6 is 12.2 Å². The summed E-state index contributed by atoms with van der Waals surface area (Å²) in [6.45, 7) is 2.61. The average Bonchev–Trinajstić information content (AvgIpc) is 3.02. The molecule has 1 heterocycles. The zero-order valence-electron chi connectivity index (χ0n) is 15.0. The minimum absolute atomic E-state index is 0.443. The molecule has 0 aliphatic carbocycles. The smallest absolute Gasteiger partial charge is 0.216 e. The Balaban J connectivity index is 1.87. The van der Waals surface area contributed by atoms with Gasteiger partial charge in [-0.3, -0.25) is 0 Å². The molecule has 1 aromatic heterocycles. The van der Waals surface area contributed by atoms with Crippen molar-refractivity contribution in [2.45, 2.75) is 6.92 Å². The summed E-state index contributed by atoms with van der Waals surface area (Å²) in [5.41, 5.74) is 3.00. The second-order valence-corrected chi connectivity index (χ2v) is 6.24. The van der Waals surface area contributed by atoms with Gasteiger partial charge in [0.25, 0.3) is 0 Å². The molecule has 134 valence electrons. The van der Waals surface area contributed by atoms with Gasteiger partial charge < -0.3 is 9.64 Å². The zero-order chi connectivity index (χ0) is 18.5. The average molecular weight is 367 g/mol. The van der Waals surface area contributed by atoms with Crippen LogP contribution in [0.5, 0.6) is 5.75 Å². The number of H-pyrrole nitrogens is 1. The van der Waals surface area contributed by atoms with E-state index in [1.807, 2.05) is 74.4 Å². The van der Waals surface area contributed by atoms with Crippen molar-refractivity contribution in [1.29, 1.82) is 0 Å². The molecule has 2 aromatic carbocycles. The van der Waals surface area contributed by atoms with Crippen molar-refractivity contribution >= 4 is 24.1 Å². The van der Waals surface area contributed by atoms with Crippen molar-refractivity contribution in [1.82, 2.24) is 14.9 Å². The van der Waals surface area contributed by atoms with Crippen LogP contribution in [0, 0.1) is 4.77 Å². The summed E-state index contributed by atoms with van der Waals surface area (Å²) in [6.07, 6.45) is 1.75. The van der Waals surface area contributed by atoms with Crippen LogP contribution in [0.15, 0.2) is 53.6 Å². The number of nitrogens with zero attached hydrogens (tertiary/aromatic N) is 4. The van der Waals surface area contributed by atoms with Gasteiger partial charge in [0.2, 0.25) is 4.77 Å². The van der Waals surface area contributed by atoms with Gasteiger partial charge in [0, 0.05) is 25.3 Å². The molecule has 0 bridgehead atoms. The van der Waals surface area contributed by atoms with E-state index in [1.165, 1.54) is 0 Å². The van der Waals surface area contributed by atoms with Crippen molar-refractivity contribution in [3.8, 4) is 17.1 Å². The molecule has 0 atom stereocenters. The molecule has 3 aromatic rings. The Morgan fingerprint density at radius 3 is 2.46 bits per heavy atom. The number of aromatic nitrogens is 3. The summed E-state index contributed by atoms with van der Waals surface area (Å²) in [5.74, 6) is 1.51. The van der Waals surface area contributed by atoms with E-state index in [2.05, 4.69) is 15.3 Å². The van der Waals surface area contributed by atoms with Gasteiger partial charge in [0.05, 0.1) is 12.8 Å². The van der Waals surface area contributed by atoms with E-state index in [-0.39, 0.29) is 0 Å². The molecule has 0 unspecified atom stereocenters. The summed E-state index contributed by atoms with van der Waals surface area (Å²) < 4.78 is 7.51. The third-order valence-electron chi connectivity index (χ3n) is 3.81. The lowest BCUT2D eigenvalue weighted by Crippen LogP contribution is -2.08. The second kappa shape index (κ2) is 7.97. The van der Waals surface area contributed by atoms with Crippen LogP contribution in [-0.2, 0) is 0 Å². The Labute approximate surface area is 157 Å². The molecule has 3 rings (SSSR count). The van der Waals surface area contributed by atoms with Gasteiger partial charge in [-0.2, -0.15) is 14.9 Å². The number of ether oxygens (including phenoxy) is 1. The number of benzene rings is 2. The molecule has 0 aliphatic rings. The molecule has 1 N–H and O–H groups in total. The topological polar surface area (TPSA) is 58.4 Å². The first-order valence-corrected chi connectivity index (χ1v) is 8.71. The van der Waals surface area contributed by atoms with Crippen molar-refractivity contribution in [3.63, 3.8) is 0 Å². The fourth-order valence-electron chi connectivity index (χ4n) is 2.44. The van der Waals surface area contributed by atoms with Gasteiger partial charge in [0.15, 0.2) is 5.82 Å². The molecule has 0 saturated heterocycles. The van der Waals surface area contributed by atoms with Crippen molar-refractivity contribution in [2.75, 3.05) is 25.6 Å². The maximum atomic E-state index is 5.45. The van der Waals surface area contributed by atoms with E-state index in [0.717, 1.165) is 22.6 Å². The number of rotatable bonds is 6. The van der Waals surface area contributed by atoms with E-state index < -0.39 is 0 Å². The molecule has 0 amide bonds. The number of aromatic amines is 1. The predicted octanol–water partition coefficient (Wildman–Crippen LogP) is 3.95. The van der Waals surface area contributed by atoms with Crippen LogP contribution < -0.4 is 9.64 Å². The normalized spacial score (nSPS) is 11.0. The monoisotopic (exact) mass is 367 g/mol. The molecule has 7 heteroatoms. The molecule has 0 spiro atoms. The van der Waals surface area contributed by atoms with Gasteiger partial charge >= 0.3 is 0 Å². The molecule has 26 heavy (non-hydrogen) atoms. The lowest BCUT2D eigenvalue weighted by molar-refractivity contribution is 0.340. The Morgan fingerprint density at radius 2 is 1.85 bits per heavy atom. The molecule has 0 aliphatic heterocycles. The first-order chi connectivity index (χ1) is 12.6. The predicted molar refractivity (Wildman–Crippen MR) is 108 cm³/mol. The highest BCUT2D eigenvalue weighted by atomic mass is 32.1. The highest BCUT2D eigenvalue weighted by Gasteiger charge is 2.08. The quantitative estimate of drug-likeness (QED) is 0.529. The highest BCUT2D eigenvalue weighted by molar-refractivity contribution is 7.71. The summed E-state index contributed by atoms with van der Waals surface area (Å²) in [5, 5.41) is 11.6. The maximum Gasteiger partial charge on any atom is 0.216 e. The van der Waals surface area contributed by atoms with Crippen LogP contribution in [0.3, 0.4) is 0 Å². The van der Waals surface area contributed by atoms with E-state index in [0.29, 0.717) is 17.2 Å². The minimum atomic E-state index is 0.443. The fraction of sp³-hybridized carbons (Fsp3) is 0.211. The van der Waals surface area contributed by atoms with E-state index in [4.69, 9.17) is 17.0 Å². The first kappa shape index (κ1) is 17.9. The third-order valence-corrected chi connectivity index (χ3v) is 4.07. The van der Waals surface area contributed by atoms with Crippen LogP contribution in [0.25, 0.3) is 11.4 Å². The van der Waals surface area contributed by atoms with Gasteiger partial charge in [-0.1, -0.05) is 0 Å². The Bertz CT molecular complexity index is 939. The molecule has 0 radical (unpaired) electrons. The van der Waals surface area contributed by atoms with Crippen LogP contribution in [-0.4, -0.2) is 41.8 Å². The van der Waals surface area contributed by atoms with Gasteiger partial charge in [-0.25, -0.2) is 5.10 Å². The Hall–Kier alpha value is -2.93. The van der Waals surface area contributed by atoms with Crippen molar-refractivity contribution < 1.29 is 4.74 Å². The number of hydrogen-bond donors (Lipinski definition) is 1. The number of anilines is 1. The lowest BCUT2D eigenvalue weighted by atomic mass is 10.2. The van der Waals surface area contributed by atoms with Crippen LogP contribution in [0.2, 0.25) is 0 Å². The molecular formula is C19H21N5OS. The van der Waals surface area contributed by atoms with Gasteiger partial charge in [-0.15, -0.1) is 0 Å². The number of hydrogen-bond acceptors (Lipinski definition) is 5. The minimum Gasteiger partial charge on any atom is -0.494 e. The van der Waals surface area contributed by atoms with Crippen molar-refractivity contribution in [2.24, 2.45) is 5.10 Å². The maximum absolute atomic E-state index is 5.45. The molecule has 0 saturated carbocycles. The van der Waals surface area contributed by atoms with E-state index >= 15 is 0 Å². The van der Waals surface area contributed by atoms with Crippen LogP contribution in [0.1, 0.15) is 12.5 Å². The first-order valence-electron chi connectivity index (χ1n) is 8.31. The number of nitrogens with one attached hydrogen (secondary N) is 1. The second-order valence-electron chi connectivity index (χ2n) is 5.85. The summed E-state index contributed by atoms with van der Waals surface area (Å²) in [4.78, 5) is 2.05. The van der Waals surface area contributed by atoms with Crippen molar-refractivity contribution in [3.05, 3.63) is 58.9 Å². The summed E-state index contributed by atoms with van der Waals surface area (Å²) in [7, 11) is 4.01. The summed E-state index contributed by atoms with van der Waals surface area (Å²) >= 11 is 5.31. The van der Waals surface area contributed by atoms with Gasteiger partial charge in [-0.05, 0) is 73.2 Å². The van der Waals surface area contributed by atoms with Crippen LogP contribution in [0.4, 0.5) is 5.69 Å². The molecule has 6 nitrogen and oxygen atoms in total. The Kier molecular flexibility index (Phi) is 5.48. The van der Waals surface area contributed by atoms with E-state index in [9.17, 15) is 0 Å².